The number of aryl methyl sites for hydroxylation is 1. The molecule has 234 valence electrons. The van der Waals surface area contributed by atoms with Crippen LogP contribution in [0.3, 0.4) is 0 Å². The lowest BCUT2D eigenvalue weighted by Gasteiger charge is -2.40. The van der Waals surface area contributed by atoms with E-state index >= 15 is 0 Å². The van der Waals surface area contributed by atoms with Gasteiger partial charge in [-0.1, -0.05) is 100.0 Å². The maximum absolute atomic E-state index is 13.6. The van der Waals surface area contributed by atoms with Crippen LogP contribution in [0.5, 0.6) is 0 Å². The fraction of sp³-hybridized carbons (Fsp3) is 0.500. The van der Waals surface area contributed by atoms with Gasteiger partial charge in [-0.3, -0.25) is 0 Å². The van der Waals surface area contributed by atoms with Crippen molar-refractivity contribution < 1.29 is 28.2 Å². The van der Waals surface area contributed by atoms with Gasteiger partial charge in [0.1, 0.15) is 12.2 Å². The second-order valence-corrected chi connectivity index (χ2v) is 18.5. The summed E-state index contributed by atoms with van der Waals surface area (Å²) in [4.78, 5) is 27.1. The molecule has 0 bridgehead atoms. The first-order valence-electron chi connectivity index (χ1n) is 15.4. The van der Waals surface area contributed by atoms with E-state index in [4.69, 9.17) is 18.6 Å². The van der Waals surface area contributed by atoms with E-state index in [2.05, 4.69) is 63.2 Å². The summed E-state index contributed by atoms with van der Waals surface area (Å²) in [5.41, 5.74) is 1.39. The summed E-state index contributed by atoms with van der Waals surface area (Å²) in [5.74, 6) is -1.25. The predicted molar refractivity (Wildman–Crippen MR) is 175 cm³/mol. The van der Waals surface area contributed by atoms with Crippen molar-refractivity contribution in [3.8, 4) is 0 Å². The highest BCUT2D eigenvalue weighted by molar-refractivity contribution is 6.74. The van der Waals surface area contributed by atoms with Crippen LogP contribution in [0, 0.1) is 0 Å². The molecule has 3 rings (SSSR count). The van der Waals surface area contributed by atoms with Gasteiger partial charge in [0.15, 0.2) is 20.5 Å². The number of hydrogen-bond donors (Lipinski definition) is 0. The summed E-state index contributed by atoms with van der Waals surface area (Å²) in [6.45, 7) is 16.1. The van der Waals surface area contributed by atoms with Gasteiger partial charge in [-0.15, -0.1) is 0 Å². The van der Waals surface area contributed by atoms with E-state index in [-0.39, 0.29) is 11.6 Å². The largest absolute Gasteiger partial charge is 0.459 e. The molecule has 0 amide bonds. The molecule has 0 aliphatic rings. The molecule has 0 aliphatic carbocycles. The molecule has 0 heterocycles. The highest BCUT2D eigenvalue weighted by Crippen LogP contribution is 2.38. The molecular weight excluding hydrogens is 556 g/mol. The van der Waals surface area contributed by atoms with Crippen LogP contribution in [0.25, 0.3) is 10.8 Å². The third-order valence-electron chi connectivity index (χ3n) is 7.82. The smallest absolute Gasteiger partial charge is 0.338 e. The minimum atomic E-state index is -2.51. The molecule has 6 nitrogen and oxygen atoms in total. The van der Waals surface area contributed by atoms with Crippen molar-refractivity contribution >= 4 is 31.0 Å². The quantitative estimate of drug-likeness (QED) is 0.104. The lowest BCUT2D eigenvalue weighted by molar-refractivity contribution is -0.183. The summed E-state index contributed by atoms with van der Waals surface area (Å²) in [6.07, 6.45) is 1.12. The minimum absolute atomic E-state index is 0.0758. The molecular formula is C36H50O6Si. The monoisotopic (exact) mass is 606 g/mol. The zero-order valence-electron chi connectivity index (χ0n) is 27.3. The van der Waals surface area contributed by atoms with Gasteiger partial charge in [0, 0.05) is 6.61 Å². The van der Waals surface area contributed by atoms with Crippen molar-refractivity contribution in [2.45, 2.75) is 110 Å². The fourth-order valence-corrected chi connectivity index (χ4v) is 5.60. The molecule has 0 aliphatic heterocycles. The first-order valence-corrected chi connectivity index (χ1v) is 18.3. The van der Waals surface area contributed by atoms with Crippen molar-refractivity contribution in [1.82, 2.24) is 0 Å². The lowest BCUT2D eigenvalue weighted by atomic mass is 10.0. The number of rotatable bonds is 14. The molecule has 0 saturated carbocycles. The highest BCUT2D eigenvalue weighted by atomic mass is 28.4. The number of esters is 2. The fourth-order valence-electron chi connectivity index (χ4n) is 4.39. The molecule has 2 atom stereocenters. The topological polar surface area (TPSA) is 71.1 Å². The first kappa shape index (κ1) is 34.5. The number of unbranched alkanes of at least 4 members (excludes halogenated alkanes) is 2. The molecule has 3 aromatic carbocycles. The van der Waals surface area contributed by atoms with E-state index in [1.54, 1.807) is 20.8 Å². The third-order valence-corrected chi connectivity index (χ3v) is 12.3. The number of benzene rings is 3. The van der Waals surface area contributed by atoms with Crippen molar-refractivity contribution in [3.05, 3.63) is 83.9 Å². The summed E-state index contributed by atoms with van der Waals surface area (Å²) in [5, 5.41) is 2.29. The Bertz CT molecular complexity index is 1320. The predicted octanol–water partition coefficient (Wildman–Crippen LogP) is 8.41. The Hall–Kier alpha value is -3.00. The molecule has 0 saturated heterocycles. The van der Waals surface area contributed by atoms with E-state index in [0.29, 0.717) is 6.61 Å². The van der Waals surface area contributed by atoms with E-state index < -0.39 is 38.1 Å². The Morgan fingerprint density at radius 1 is 0.721 bits per heavy atom. The van der Waals surface area contributed by atoms with Gasteiger partial charge in [0.2, 0.25) is 0 Å². The van der Waals surface area contributed by atoms with Crippen LogP contribution in [0.2, 0.25) is 18.1 Å². The molecule has 3 aromatic rings. The molecule has 0 spiro atoms. The van der Waals surface area contributed by atoms with Gasteiger partial charge in [-0.2, -0.15) is 0 Å². The number of fused-ring (bicyclic) bond motifs is 1. The van der Waals surface area contributed by atoms with Crippen molar-refractivity contribution in [2.24, 2.45) is 0 Å². The maximum atomic E-state index is 13.6. The van der Waals surface area contributed by atoms with E-state index in [1.165, 1.54) is 16.3 Å². The van der Waals surface area contributed by atoms with E-state index in [0.717, 1.165) is 31.2 Å². The van der Waals surface area contributed by atoms with Gasteiger partial charge in [0.05, 0.1) is 0 Å². The Morgan fingerprint density at radius 2 is 1.37 bits per heavy atom. The van der Waals surface area contributed by atoms with Crippen LogP contribution < -0.4 is 0 Å². The van der Waals surface area contributed by atoms with Gasteiger partial charge in [-0.05, 0) is 80.1 Å². The van der Waals surface area contributed by atoms with Crippen LogP contribution in [-0.2, 0) is 41.3 Å². The third kappa shape index (κ3) is 10.9. The SMILES string of the molecule is CC(C)(C)OC(=O)[C@H](O[Si](C)(C)C(C)(C)C)[C@@H](OCCCCCc1ccc2ccccc2c1)C(=O)OCc1ccccc1. The summed E-state index contributed by atoms with van der Waals surface area (Å²) < 4.78 is 24.2. The second-order valence-electron chi connectivity index (χ2n) is 13.7. The molecule has 0 radical (unpaired) electrons. The second kappa shape index (κ2) is 15.1. The van der Waals surface area contributed by atoms with Gasteiger partial charge < -0.3 is 18.6 Å². The first-order chi connectivity index (χ1) is 20.2. The summed E-state index contributed by atoms with van der Waals surface area (Å²) >= 11 is 0. The Balaban J connectivity index is 1.70. The van der Waals surface area contributed by atoms with Gasteiger partial charge in [-0.25, -0.2) is 9.59 Å². The standard InChI is InChI=1S/C36H50O6Si/c1-35(2,3)41-34(38)32(42-43(7,8)36(4,5)6)31(33(37)40-26-28-18-11-9-12-19-28)39-24-16-10-13-17-27-22-23-29-20-14-15-21-30(29)25-27/h9,11-12,14-15,18-23,25,31-32H,10,13,16-17,24,26H2,1-8H3/t31-,32-/m1/s1. The lowest BCUT2D eigenvalue weighted by Crippen LogP contribution is -2.54. The van der Waals surface area contributed by atoms with Crippen LogP contribution in [-0.4, -0.2) is 44.7 Å². The van der Waals surface area contributed by atoms with Crippen LogP contribution in [0.1, 0.15) is 71.9 Å². The molecule has 0 N–H and O–H groups in total. The van der Waals surface area contributed by atoms with Crippen molar-refractivity contribution in [3.63, 3.8) is 0 Å². The molecule has 43 heavy (non-hydrogen) atoms. The normalized spacial score (nSPS) is 13.9. The zero-order chi connectivity index (χ0) is 31.7. The Labute approximate surface area is 259 Å². The maximum Gasteiger partial charge on any atom is 0.338 e. The summed E-state index contributed by atoms with van der Waals surface area (Å²) in [7, 11) is -2.51. The summed E-state index contributed by atoms with van der Waals surface area (Å²) in [6, 6.07) is 24.4. The van der Waals surface area contributed by atoms with E-state index in [9.17, 15) is 9.59 Å². The van der Waals surface area contributed by atoms with Crippen LogP contribution >= 0.6 is 0 Å². The zero-order valence-corrected chi connectivity index (χ0v) is 28.3. The van der Waals surface area contributed by atoms with Crippen molar-refractivity contribution in [1.29, 1.82) is 0 Å². The number of hydrogen-bond acceptors (Lipinski definition) is 6. The van der Waals surface area contributed by atoms with Crippen LogP contribution in [0.15, 0.2) is 72.8 Å². The Kier molecular flexibility index (Phi) is 12.1. The molecule has 7 heteroatoms. The average Bonchev–Trinajstić information content (AvgIpc) is 2.93. The number of carbonyl (C=O) groups is 2. The number of carbonyl (C=O) groups excluding carboxylic acids is 2. The number of ether oxygens (including phenoxy) is 3. The molecule has 0 fully saturated rings. The highest BCUT2D eigenvalue weighted by Gasteiger charge is 2.47. The minimum Gasteiger partial charge on any atom is -0.459 e. The average molecular weight is 607 g/mol. The van der Waals surface area contributed by atoms with Gasteiger partial charge in [0.25, 0.3) is 0 Å². The van der Waals surface area contributed by atoms with Crippen molar-refractivity contribution in [2.75, 3.05) is 6.61 Å². The van der Waals surface area contributed by atoms with Gasteiger partial charge >= 0.3 is 11.9 Å². The Morgan fingerprint density at radius 3 is 2.02 bits per heavy atom. The van der Waals surface area contributed by atoms with E-state index in [1.807, 2.05) is 43.4 Å². The molecule has 0 aromatic heterocycles. The van der Waals surface area contributed by atoms with Crippen LogP contribution in [0.4, 0.5) is 0 Å². The molecule has 0 unspecified atom stereocenters.